The van der Waals surface area contributed by atoms with E-state index in [0.29, 0.717) is 33.7 Å². The molecule has 0 aliphatic carbocycles. The fourth-order valence-corrected chi connectivity index (χ4v) is 4.51. The van der Waals surface area contributed by atoms with Gasteiger partial charge in [-0.1, -0.05) is 36.4 Å². The maximum absolute atomic E-state index is 13.4. The van der Waals surface area contributed by atoms with Crippen LogP contribution in [0, 0.1) is 0 Å². The minimum Gasteiger partial charge on any atom is -0.463 e. The molecule has 1 aliphatic heterocycles. The number of hydrogen-bond acceptors (Lipinski definition) is 7. The fraction of sp³-hybridized carbons (Fsp3) is 0.300. The van der Waals surface area contributed by atoms with E-state index in [4.69, 9.17) is 13.9 Å². The highest BCUT2D eigenvalue weighted by molar-refractivity contribution is 6.00. The second-order valence-electron chi connectivity index (χ2n) is 9.95. The molecule has 1 atom stereocenters. The van der Waals surface area contributed by atoms with E-state index < -0.39 is 23.5 Å². The standard InChI is InChI=1S/C30H31NO6/c1-7-35-28(33)25-17(2)31-18(3)26(29(34)37-30(4,5)6)27(25)20-13-14-23-21(15-20)22(32)16-24(36-23)19-11-9-8-10-12-19/h8-16,27,31H,7H2,1-6H3. The van der Waals surface area contributed by atoms with Gasteiger partial charge in [-0.05, 0) is 59.2 Å². The highest BCUT2D eigenvalue weighted by Crippen LogP contribution is 2.40. The topological polar surface area (TPSA) is 94.8 Å². The molecule has 0 amide bonds. The summed E-state index contributed by atoms with van der Waals surface area (Å²) in [5.41, 5.74) is 2.51. The molecule has 0 spiro atoms. The molecule has 2 aromatic carbocycles. The predicted octanol–water partition coefficient (Wildman–Crippen LogP) is 5.60. The molecule has 0 radical (unpaired) electrons. The van der Waals surface area contributed by atoms with Crippen molar-refractivity contribution in [2.24, 2.45) is 0 Å². The van der Waals surface area contributed by atoms with Crippen LogP contribution in [-0.4, -0.2) is 24.1 Å². The molecule has 0 fully saturated rings. The highest BCUT2D eigenvalue weighted by atomic mass is 16.6. The summed E-state index contributed by atoms with van der Waals surface area (Å²) in [6, 6.07) is 16.0. The first-order valence-electron chi connectivity index (χ1n) is 12.2. The zero-order valence-electron chi connectivity index (χ0n) is 21.9. The van der Waals surface area contributed by atoms with E-state index in [1.54, 1.807) is 59.7 Å². The number of fused-ring (bicyclic) bond motifs is 1. The van der Waals surface area contributed by atoms with Crippen LogP contribution in [-0.2, 0) is 19.1 Å². The molecule has 7 heteroatoms. The average molecular weight is 502 g/mol. The van der Waals surface area contributed by atoms with Gasteiger partial charge in [0.1, 0.15) is 16.9 Å². The Morgan fingerprint density at radius 3 is 2.22 bits per heavy atom. The van der Waals surface area contributed by atoms with E-state index in [2.05, 4.69) is 5.32 Å². The van der Waals surface area contributed by atoms with Gasteiger partial charge >= 0.3 is 11.9 Å². The lowest BCUT2D eigenvalue weighted by Crippen LogP contribution is -2.35. The molecule has 1 aromatic heterocycles. The first kappa shape index (κ1) is 25.9. The van der Waals surface area contributed by atoms with Crippen molar-refractivity contribution in [1.82, 2.24) is 5.32 Å². The normalized spacial score (nSPS) is 16.0. The molecule has 3 aromatic rings. The van der Waals surface area contributed by atoms with Gasteiger partial charge in [-0.15, -0.1) is 0 Å². The van der Waals surface area contributed by atoms with E-state index in [9.17, 15) is 14.4 Å². The molecule has 192 valence electrons. The summed E-state index contributed by atoms with van der Waals surface area (Å²) in [6.45, 7) is 10.8. The van der Waals surface area contributed by atoms with Gasteiger partial charge in [-0.2, -0.15) is 0 Å². The molecule has 0 saturated carbocycles. The van der Waals surface area contributed by atoms with Gasteiger partial charge in [0.2, 0.25) is 0 Å². The van der Waals surface area contributed by atoms with Crippen molar-refractivity contribution in [2.45, 2.75) is 53.1 Å². The second-order valence-corrected chi connectivity index (χ2v) is 9.95. The minimum atomic E-state index is -0.798. The number of carbonyl (C=O) groups is 2. The summed E-state index contributed by atoms with van der Waals surface area (Å²) in [4.78, 5) is 39.7. The van der Waals surface area contributed by atoms with E-state index in [1.165, 1.54) is 6.07 Å². The molecule has 1 N–H and O–H groups in total. The molecule has 1 unspecified atom stereocenters. The molecule has 4 rings (SSSR count). The lowest BCUT2D eigenvalue weighted by atomic mass is 9.80. The van der Waals surface area contributed by atoms with Gasteiger partial charge in [0, 0.05) is 23.0 Å². The Morgan fingerprint density at radius 2 is 1.59 bits per heavy atom. The van der Waals surface area contributed by atoms with Crippen LogP contribution in [0.1, 0.15) is 53.0 Å². The number of esters is 2. The number of benzene rings is 2. The third kappa shape index (κ3) is 5.35. The molecule has 2 heterocycles. The monoisotopic (exact) mass is 501 g/mol. The minimum absolute atomic E-state index is 0.177. The summed E-state index contributed by atoms with van der Waals surface area (Å²) in [5.74, 6) is -1.44. The van der Waals surface area contributed by atoms with Crippen LogP contribution in [0.4, 0.5) is 0 Å². The molecule has 7 nitrogen and oxygen atoms in total. The maximum Gasteiger partial charge on any atom is 0.337 e. The lowest BCUT2D eigenvalue weighted by Gasteiger charge is -2.32. The number of nitrogens with one attached hydrogen (secondary N) is 1. The first-order valence-corrected chi connectivity index (χ1v) is 12.2. The zero-order chi connectivity index (χ0) is 26.9. The summed E-state index contributed by atoms with van der Waals surface area (Å²) < 4.78 is 17.1. The Kier molecular flexibility index (Phi) is 7.07. The highest BCUT2D eigenvalue weighted by Gasteiger charge is 2.39. The summed E-state index contributed by atoms with van der Waals surface area (Å²) >= 11 is 0. The lowest BCUT2D eigenvalue weighted by molar-refractivity contribution is -0.150. The number of ether oxygens (including phenoxy) is 2. The van der Waals surface area contributed by atoms with Gasteiger partial charge in [0.05, 0.1) is 29.1 Å². The Morgan fingerprint density at radius 1 is 0.946 bits per heavy atom. The third-order valence-electron chi connectivity index (χ3n) is 6.02. The number of carbonyl (C=O) groups excluding carboxylic acids is 2. The van der Waals surface area contributed by atoms with Crippen LogP contribution in [0.25, 0.3) is 22.3 Å². The largest absolute Gasteiger partial charge is 0.463 e. The van der Waals surface area contributed by atoms with Gasteiger partial charge in [-0.25, -0.2) is 9.59 Å². The van der Waals surface area contributed by atoms with Crippen molar-refractivity contribution < 1.29 is 23.5 Å². The van der Waals surface area contributed by atoms with Gasteiger partial charge < -0.3 is 19.2 Å². The second kappa shape index (κ2) is 10.1. The third-order valence-corrected chi connectivity index (χ3v) is 6.02. The van der Waals surface area contributed by atoms with Crippen molar-refractivity contribution in [3.05, 3.63) is 92.9 Å². The smallest absolute Gasteiger partial charge is 0.337 e. The summed E-state index contributed by atoms with van der Waals surface area (Å²) in [5, 5.41) is 3.48. The van der Waals surface area contributed by atoms with E-state index >= 15 is 0 Å². The van der Waals surface area contributed by atoms with Crippen LogP contribution in [0.15, 0.2) is 86.3 Å². The van der Waals surface area contributed by atoms with Crippen LogP contribution in [0.5, 0.6) is 0 Å². The van der Waals surface area contributed by atoms with Crippen LogP contribution < -0.4 is 10.7 Å². The number of dihydropyridines is 1. The van der Waals surface area contributed by atoms with Crippen LogP contribution >= 0.6 is 0 Å². The Bertz CT molecular complexity index is 1490. The van der Waals surface area contributed by atoms with Crippen LogP contribution in [0.3, 0.4) is 0 Å². The van der Waals surface area contributed by atoms with Crippen molar-refractivity contribution >= 4 is 22.9 Å². The van der Waals surface area contributed by atoms with E-state index in [0.717, 1.165) is 5.56 Å². The van der Waals surface area contributed by atoms with Crippen molar-refractivity contribution in [3.8, 4) is 11.3 Å². The summed E-state index contributed by atoms with van der Waals surface area (Å²) in [6.07, 6.45) is 0. The van der Waals surface area contributed by atoms with Crippen molar-refractivity contribution in [1.29, 1.82) is 0 Å². The molecular formula is C30H31NO6. The van der Waals surface area contributed by atoms with Crippen molar-refractivity contribution in [3.63, 3.8) is 0 Å². The SMILES string of the molecule is CCOC(=O)C1=C(C)NC(C)=C(C(=O)OC(C)(C)C)C1c1ccc2oc(-c3ccccc3)cc(=O)c2c1. The molecule has 0 bridgehead atoms. The maximum atomic E-state index is 13.4. The van der Waals surface area contributed by atoms with Gasteiger partial charge in [0.15, 0.2) is 5.43 Å². The zero-order valence-corrected chi connectivity index (χ0v) is 21.9. The molecule has 1 aliphatic rings. The number of rotatable bonds is 5. The van der Waals surface area contributed by atoms with Gasteiger partial charge in [-0.3, -0.25) is 4.79 Å². The predicted molar refractivity (Wildman–Crippen MR) is 142 cm³/mol. The molecular weight excluding hydrogens is 470 g/mol. The first-order chi connectivity index (χ1) is 17.5. The summed E-state index contributed by atoms with van der Waals surface area (Å²) in [7, 11) is 0. The Hall–Kier alpha value is -4.13. The quantitative estimate of drug-likeness (QED) is 0.455. The number of hydrogen-bond donors (Lipinski definition) is 1. The van der Waals surface area contributed by atoms with Gasteiger partial charge in [0.25, 0.3) is 0 Å². The Labute approximate surface area is 215 Å². The Balaban J connectivity index is 1.89. The van der Waals surface area contributed by atoms with Crippen molar-refractivity contribution in [2.75, 3.05) is 6.61 Å². The molecule has 0 saturated heterocycles. The van der Waals surface area contributed by atoms with E-state index in [-0.39, 0.29) is 23.2 Å². The van der Waals surface area contributed by atoms with E-state index in [1.807, 2.05) is 30.3 Å². The average Bonchev–Trinajstić information content (AvgIpc) is 2.82. The fourth-order valence-electron chi connectivity index (χ4n) is 4.51. The molecule has 37 heavy (non-hydrogen) atoms. The van der Waals surface area contributed by atoms with Crippen LogP contribution in [0.2, 0.25) is 0 Å². The number of allylic oxidation sites excluding steroid dienone is 2.